The first-order chi connectivity index (χ1) is 10.3. The van der Waals surface area contributed by atoms with Crippen LogP contribution in [-0.2, 0) is 0 Å². The molecular weight excluding hydrogens is 349 g/mol. The second-order valence-corrected chi connectivity index (χ2v) is 7.98. The number of benzene rings is 1. The Labute approximate surface area is 133 Å². The minimum absolute atomic E-state index is 0.136. The molecule has 2 aromatic heterocycles. The molecule has 21 heavy (non-hydrogen) atoms. The number of methoxy groups -OCH3 is 1. The van der Waals surface area contributed by atoms with Gasteiger partial charge in [-0.3, -0.25) is 0 Å². The van der Waals surface area contributed by atoms with Crippen molar-refractivity contribution in [3.63, 3.8) is 0 Å². The van der Waals surface area contributed by atoms with Gasteiger partial charge in [-0.1, -0.05) is 0 Å². The molecule has 0 saturated heterocycles. The van der Waals surface area contributed by atoms with Gasteiger partial charge in [0.05, 0.1) is 0 Å². The number of rotatable bonds is 2. The fourth-order valence-electron chi connectivity index (χ4n) is 2.95. The van der Waals surface area contributed by atoms with Crippen molar-refractivity contribution >= 4 is 41.2 Å². The normalized spacial score (nSPS) is 17.9. The van der Waals surface area contributed by atoms with Gasteiger partial charge in [0.1, 0.15) is 0 Å². The van der Waals surface area contributed by atoms with Crippen LogP contribution in [0.5, 0.6) is 5.75 Å². The first-order valence-electron chi connectivity index (χ1n) is 7.34. The van der Waals surface area contributed by atoms with Crippen molar-refractivity contribution in [3.8, 4) is 5.75 Å². The first kappa shape index (κ1) is 13.6. The van der Waals surface area contributed by atoms with E-state index in [9.17, 15) is 0 Å². The molecule has 0 N–H and O–H groups in total. The van der Waals surface area contributed by atoms with Crippen LogP contribution in [0.25, 0.3) is 15.2 Å². The number of fused-ring (bicyclic) bond motifs is 3. The van der Waals surface area contributed by atoms with E-state index in [-0.39, 0.29) is 14.7 Å². The number of aromatic nitrogens is 2. The van der Waals surface area contributed by atoms with Gasteiger partial charge in [-0.2, -0.15) is 0 Å². The predicted octanol–water partition coefficient (Wildman–Crippen LogP) is 2.85. The number of thiazole rings is 1. The minimum atomic E-state index is 0.136. The van der Waals surface area contributed by atoms with E-state index < -0.39 is 0 Å². The summed E-state index contributed by atoms with van der Waals surface area (Å²) in [6.07, 6.45) is 6.50. The van der Waals surface area contributed by atoms with Gasteiger partial charge in [0, 0.05) is 0 Å². The van der Waals surface area contributed by atoms with E-state index in [1.165, 1.54) is 46.7 Å². The number of hydrogen-bond acceptors (Lipinski definition) is 4. The van der Waals surface area contributed by atoms with Crippen LogP contribution in [-0.4, -0.2) is 36.3 Å². The number of hydrogen-bond donors (Lipinski definition) is 0. The standard InChI is InChI=1S/C15H17N3OSSe/c1-19-11-7-8-12-13(9-11)20-14-17-21-15(18(12)14)16-10-5-3-2-4-6-10/h7-10H,2-6H2,1H3. The predicted molar refractivity (Wildman–Crippen MR) is 86.5 cm³/mol. The summed E-state index contributed by atoms with van der Waals surface area (Å²) in [5.41, 5.74) is 1.22. The average Bonchev–Trinajstić information content (AvgIpc) is 3.07. The van der Waals surface area contributed by atoms with Crippen LogP contribution >= 0.6 is 11.3 Å². The Kier molecular flexibility index (Phi) is 3.61. The molecule has 1 aliphatic carbocycles. The van der Waals surface area contributed by atoms with Crippen LogP contribution in [0.15, 0.2) is 23.2 Å². The van der Waals surface area contributed by atoms with E-state index in [4.69, 9.17) is 13.7 Å². The van der Waals surface area contributed by atoms with Gasteiger partial charge in [-0.05, 0) is 0 Å². The molecule has 0 aliphatic heterocycles. The van der Waals surface area contributed by atoms with Crippen LogP contribution < -0.4 is 9.10 Å². The second-order valence-electron chi connectivity index (χ2n) is 5.44. The number of ether oxygens (including phenoxy) is 1. The van der Waals surface area contributed by atoms with Gasteiger partial charge in [0.15, 0.2) is 0 Å². The Balaban J connectivity index is 1.87. The molecule has 0 atom stereocenters. The molecule has 110 valence electrons. The molecule has 4 nitrogen and oxygen atoms in total. The Hall–Kier alpha value is -1.10. The molecule has 3 aromatic rings. The van der Waals surface area contributed by atoms with Crippen LogP contribution in [0, 0.1) is 0 Å². The average molecular weight is 366 g/mol. The quantitative estimate of drug-likeness (QED) is 0.655. The Bertz CT molecular complexity index is 841. The van der Waals surface area contributed by atoms with E-state index in [1.807, 2.05) is 6.07 Å². The topological polar surface area (TPSA) is 38.9 Å². The zero-order valence-corrected chi connectivity index (χ0v) is 14.4. The maximum absolute atomic E-state index is 5.31. The van der Waals surface area contributed by atoms with E-state index in [2.05, 4.69) is 16.5 Å². The summed E-state index contributed by atoms with van der Waals surface area (Å²) in [6.45, 7) is 0. The van der Waals surface area contributed by atoms with Crippen LogP contribution in [0.2, 0.25) is 0 Å². The molecule has 0 unspecified atom stereocenters. The summed E-state index contributed by atoms with van der Waals surface area (Å²) < 4.78 is 14.7. The van der Waals surface area contributed by atoms with Gasteiger partial charge < -0.3 is 0 Å². The van der Waals surface area contributed by atoms with E-state index in [0.29, 0.717) is 6.04 Å². The van der Waals surface area contributed by atoms with Gasteiger partial charge in [-0.15, -0.1) is 0 Å². The third-order valence-corrected chi connectivity index (χ3v) is 6.83. The maximum atomic E-state index is 5.31. The Morgan fingerprint density at radius 2 is 2.19 bits per heavy atom. The summed E-state index contributed by atoms with van der Waals surface area (Å²) in [5, 5.41) is 0. The van der Waals surface area contributed by atoms with Crippen molar-refractivity contribution in [2.45, 2.75) is 38.1 Å². The molecule has 1 fully saturated rings. The van der Waals surface area contributed by atoms with Gasteiger partial charge in [-0.25, -0.2) is 0 Å². The molecular formula is C15H17N3OSSe. The molecule has 0 radical (unpaired) electrons. The Morgan fingerprint density at radius 3 is 3.00 bits per heavy atom. The molecule has 0 amide bonds. The second kappa shape index (κ2) is 5.59. The summed E-state index contributed by atoms with van der Waals surface area (Å²) in [4.78, 5) is 6.12. The molecule has 1 aliphatic rings. The molecule has 2 heterocycles. The van der Waals surface area contributed by atoms with Gasteiger partial charge in [0.25, 0.3) is 0 Å². The molecule has 1 aromatic carbocycles. The van der Waals surface area contributed by atoms with Crippen molar-refractivity contribution in [2.75, 3.05) is 7.11 Å². The van der Waals surface area contributed by atoms with Crippen molar-refractivity contribution in [3.05, 3.63) is 22.6 Å². The SMILES string of the molecule is COc1ccc2c(c1)sc1n[se]c(=NC3CCCCC3)n12. The van der Waals surface area contributed by atoms with Gasteiger partial charge in [0.2, 0.25) is 0 Å². The van der Waals surface area contributed by atoms with Crippen LogP contribution in [0.4, 0.5) is 0 Å². The Morgan fingerprint density at radius 1 is 1.33 bits per heavy atom. The third-order valence-electron chi connectivity index (χ3n) is 4.06. The molecule has 4 rings (SSSR count). The first-order valence-corrected chi connectivity index (χ1v) is 9.78. The third kappa shape index (κ3) is 2.45. The summed E-state index contributed by atoms with van der Waals surface area (Å²) in [6, 6.07) is 6.75. The fourth-order valence-corrected chi connectivity index (χ4v) is 5.93. The van der Waals surface area contributed by atoms with Crippen molar-refractivity contribution < 1.29 is 4.74 Å². The zero-order chi connectivity index (χ0) is 14.2. The van der Waals surface area contributed by atoms with Crippen molar-refractivity contribution in [1.82, 2.24) is 8.38 Å². The van der Waals surface area contributed by atoms with E-state index >= 15 is 0 Å². The monoisotopic (exact) mass is 367 g/mol. The van der Waals surface area contributed by atoms with E-state index in [1.54, 1.807) is 18.4 Å². The molecule has 0 spiro atoms. The van der Waals surface area contributed by atoms with Crippen molar-refractivity contribution in [1.29, 1.82) is 0 Å². The van der Waals surface area contributed by atoms with Crippen molar-refractivity contribution in [2.24, 2.45) is 4.99 Å². The fraction of sp³-hybridized carbons (Fsp3) is 0.467. The van der Waals surface area contributed by atoms with Crippen LogP contribution in [0.3, 0.4) is 0 Å². The molecule has 6 heteroatoms. The van der Waals surface area contributed by atoms with Gasteiger partial charge >= 0.3 is 133 Å². The summed E-state index contributed by atoms with van der Waals surface area (Å²) >= 11 is 1.87. The zero-order valence-electron chi connectivity index (χ0n) is 11.9. The van der Waals surface area contributed by atoms with Crippen LogP contribution in [0.1, 0.15) is 32.1 Å². The summed E-state index contributed by atoms with van der Waals surface area (Å²) in [5.74, 6) is 0.902. The molecule has 1 saturated carbocycles. The summed E-state index contributed by atoms with van der Waals surface area (Å²) in [7, 11) is 1.71. The van der Waals surface area contributed by atoms with E-state index in [0.717, 1.165) is 10.7 Å². The molecule has 0 bridgehead atoms. The number of nitrogens with zero attached hydrogens (tertiary/aromatic N) is 3.